The minimum Gasteiger partial charge on any atom is -0.474 e. The second kappa shape index (κ2) is 10.1. The predicted octanol–water partition coefficient (Wildman–Crippen LogP) is 5.12. The quantitative estimate of drug-likeness (QED) is 0.520. The van der Waals surface area contributed by atoms with Crippen LogP contribution in [0.5, 0.6) is 5.88 Å². The topological polar surface area (TPSA) is 125 Å². The molecule has 1 aliphatic rings. The first-order valence-electron chi connectivity index (χ1n) is 11.8. The van der Waals surface area contributed by atoms with Crippen LogP contribution in [0.2, 0.25) is 0 Å². The Labute approximate surface area is 204 Å². The molecule has 1 N–H and O–H groups in total. The first kappa shape index (κ1) is 24.2. The smallest absolute Gasteiger partial charge is 0.407 e. The molecular weight excluding hydrogens is 446 g/mol. The maximum Gasteiger partial charge on any atom is 0.407 e. The number of hydrogen-bond acceptors (Lipinski definition) is 7. The zero-order valence-electron chi connectivity index (χ0n) is 20.4. The van der Waals surface area contributed by atoms with Crippen LogP contribution in [0.1, 0.15) is 56.7 Å². The molecule has 0 fully saturated rings. The molecule has 1 atom stereocenters. The molecule has 3 heterocycles. The summed E-state index contributed by atoms with van der Waals surface area (Å²) in [7, 11) is 0. The van der Waals surface area contributed by atoms with Gasteiger partial charge < -0.3 is 19.3 Å². The van der Waals surface area contributed by atoms with Gasteiger partial charge in [0, 0.05) is 30.8 Å². The van der Waals surface area contributed by atoms with E-state index in [-0.39, 0.29) is 23.8 Å². The van der Waals surface area contributed by atoms with Gasteiger partial charge in [0.15, 0.2) is 0 Å². The largest absolute Gasteiger partial charge is 0.474 e. The number of carboxylic acid groups (broad SMARTS) is 1. The third kappa shape index (κ3) is 5.43. The molecule has 0 radical (unpaired) electrons. The molecule has 0 aliphatic carbocycles. The van der Waals surface area contributed by atoms with E-state index >= 15 is 0 Å². The predicted molar refractivity (Wildman–Crippen MR) is 129 cm³/mol. The van der Waals surface area contributed by atoms with Crippen LogP contribution in [0.3, 0.4) is 0 Å². The minimum absolute atomic E-state index is 0.105. The molecule has 9 heteroatoms. The Bertz CT molecular complexity index is 1260. The van der Waals surface area contributed by atoms with E-state index in [1.165, 1.54) is 10.5 Å². The molecule has 2 aromatic heterocycles. The SMILES string of the molecule is CC(C)CC1CN(C(=O)O)CCc2cc(-c3noc(-c4cnc(OC(C)C)c(C#N)c4)n3)ccc21. The van der Waals surface area contributed by atoms with Crippen molar-refractivity contribution < 1.29 is 19.2 Å². The molecule has 0 saturated heterocycles. The summed E-state index contributed by atoms with van der Waals surface area (Å²) >= 11 is 0. The van der Waals surface area contributed by atoms with Gasteiger partial charge in [-0.25, -0.2) is 9.78 Å². The highest BCUT2D eigenvalue weighted by Gasteiger charge is 2.27. The molecule has 1 aromatic carbocycles. The number of ether oxygens (including phenoxy) is 1. The number of aromatic nitrogens is 3. The summed E-state index contributed by atoms with van der Waals surface area (Å²) in [4.78, 5) is 22.0. The monoisotopic (exact) mass is 475 g/mol. The van der Waals surface area contributed by atoms with Crippen LogP contribution < -0.4 is 4.74 Å². The van der Waals surface area contributed by atoms with E-state index in [1.54, 1.807) is 12.3 Å². The third-order valence-electron chi connectivity index (χ3n) is 5.95. The molecule has 0 spiro atoms. The van der Waals surface area contributed by atoms with Crippen molar-refractivity contribution in [1.82, 2.24) is 20.0 Å². The molecule has 1 amide bonds. The Balaban J connectivity index is 1.63. The summed E-state index contributed by atoms with van der Waals surface area (Å²) in [5.41, 5.74) is 3.89. The average Bonchev–Trinajstić information content (AvgIpc) is 3.23. The molecule has 9 nitrogen and oxygen atoms in total. The molecule has 1 unspecified atom stereocenters. The molecule has 3 aromatic rings. The number of fused-ring (bicyclic) bond motifs is 1. The standard InChI is InChI=1S/C26H29N5O4/c1-15(2)9-21-14-31(26(32)33)8-7-17-10-18(5-6-22(17)21)23-29-25(35-30-23)20-11-19(12-27)24(28-13-20)34-16(3)4/h5-6,10-11,13,15-16,21H,7-9,14H2,1-4H3,(H,32,33). The lowest BCUT2D eigenvalue weighted by Crippen LogP contribution is -2.33. The Morgan fingerprint density at radius 3 is 2.77 bits per heavy atom. The fraction of sp³-hybridized carbons (Fsp3) is 0.423. The number of nitriles is 1. The Morgan fingerprint density at radius 2 is 2.09 bits per heavy atom. The summed E-state index contributed by atoms with van der Waals surface area (Å²) in [6, 6.07) is 9.76. The van der Waals surface area contributed by atoms with Gasteiger partial charge in [0.1, 0.15) is 11.6 Å². The van der Waals surface area contributed by atoms with Crippen molar-refractivity contribution >= 4 is 6.09 Å². The maximum atomic E-state index is 11.7. The van der Waals surface area contributed by atoms with Crippen LogP contribution in [0.25, 0.3) is 22.8 Å². The molecule has 182 valence electrons. The van der Waals surface area contributed by atoms with Gasteiger partial charge in [-0.15, -0.1) is 0 Å². The van der Waals surface area contributed by atoms with E-state index in [0.717, 1.165) is 17.5 Å². The first-order chi connectivity index (χ1) is 16.7. The van der Waals surface area contributed by atoms with Gasteiger partial charge in [-0.05, 0) is 55.9 Å². The van der Waals surface area contributed by atoms with E-state index in [1.807, 2.05) is 26.0 Å². The zero-order valence-corrected chi connectivity index (χ0v) is 20.4. The summed E-state index contributed by atoms with van der Waals surface area (Å²) in [6.07, 6.45) is 2.09. The summed E-state index contributed by atoms with van der Waals surface area (Å²) in [5, 5.41) is 23.2. The normalized spacial score (nSPS) is 15.6. The number of nitrogens with zero attached hydrogens (tertiary/aromatic N) is 5. The average molecular weight is 476 g/mol. The number of hydrogen-bond donors (Lipinski definition) is 1. The number of benzene rings is 1. The van der Waals surface area contributed by atoms with Crippen LogP contribution >= 0.6 is 0 Å². The van der Waals surface area contributed by atoms with Crippen molar-refractivity contribution in [2.75, 3.05) is 13.1 Å². The van der Waals surface area contributed by atoms with Crippen molar-refractivity contribution in [3.63, 3.8) is 0 Å². The zero-order chi connectivity index (χ0) is 25.1. The van der Waals surface area contributed by atoms with Crippen LogP contribution in [0, 0.1) is 17.2 Å². The lowest BCUT2D eigenvalue weighted by molar-refractivity contribution is 0.142. The number of rotatable bonds is 6. The molecule has 0 bridgehead atoms. The van der Waals surface area contributed by atoms with Crippen molar-refractivity contribution in [1.29, 1.82) is 5.26 Å². The van der Waals surface area contributed by atoms with Crippen molar-refractivity contribution in [2.45, 2.75) is 52.6 Å². The van der Waals surface area contributed by atoms with Crippen LogP contribution in [0.4, 0.5) is 4.79 Å². The number of amides is 1. The molecule has 1 aliphatic heterocycles. The Kier molecular flexibility index (Phi) is 7.01. The van der Waals surface area contributed by atoms with E-state index in [9.17, 15) is 15.2 Å². The van der Waals surface area contributed by atoms with Gasteiger partial charge in [0.05, 0.1) is 11.7 Å². The first-order valence-corrected chi connectivity index (χ1v) is 11.8. The van der Waals surface area contributed by atoms with Crippen LogP contribution in [0.15, 0.2) is 35.0 Å². The van der Waals surface area contributed by atoms with Crippen molar-refractivity contribution in [3.05, 3.63) is 47.2 Å². The summed E-state index contributed by atoms with van der Waals surface area (Å²) in [6.45, 7) is 8.98. The van der Waals surface area contributed by atoms with Gasteiger partial charge in [0.2, 0.25) is 11.7 Å². The molecule has 0 saturated carbocycles. The van der Waals surface area contributed by atoms with Gasteiger partial charge in [-0.1, -0.05) is 31.1 Å². The third-order valence-corrected chi connectivity index (χ3v) is 5.95. The lowest BCUT2D eigenvalue weighted by atomic mass is 9.86. The second-order valence-electron chi connectivity index (χ2n) is 9.50. The fourth-order valence-corrected chi connectivity index (χ4v) is 4.44. The highest BCUT2D eigenvalue weighted by molar-refractivity contribution is 5.66. The Hall–Kier alpha value is -3.93. The number of pyridine rings is 1. The van der Waals surface area contributed by atoms with Crippen molar-refractivity contribution in [2.24, 2.45) is 5.92 Å². The highest BCUT2D eigenvalue weighted by Crippen LogP contribution is 2.34. The van der Waals surface area contributed by atoms with Gasteiger partial charge in [-0.2, -0.15) is 10.2 Å². The summed E-state index contributed by atoms with van der Waals surface area (Å²) < 4.78 is 11.1. The maximum absolute atomic E-state index is 11.7. The van der Waals surface area contributed by atoms with E-state index in [4.69, 9.17) is 9.26 Å². The second-order valence-corrected chi connectivity index (χ2v) is 9.50. The molecular formula is C26H29N5O4. The van der Waals surface area contributed by atoms with E-state index in [2.05, 4.69) is 41.1 Å². The minimum atomic E-state index is -0.884. The van der Waals surface area contributed by atoms with Crippen molar-refractivity contribution in [3.8, 4) is 34.8 Å². The van der Waals surface area contributed by atoms with Gasteiger partial charge in [0.25, 0.3) is 5.89 Å². The Morgan fingerprint density at radius 1 is 1.29 bits per heavy atom. The summed E-state index contributed by atoms with van der Waals surface area (Å²) in [5.74, 6) is 1.53. The van der Waals surface area contributed by atoms with Gasteiger partial charge >= 0.3 is 6.09 Å². The lowest BCUT2D eigenvalue weighted by Gasteiger charge is -2.24. The van der Waals surface area contributed by atoms with Crippen LogP contribution in [-0.4, -0.2) is 50.4 Å². The number of carbonyl (C=O) groups is 1. The molecule has 35 heavy (non-hydrogen) atoms. The fourth-order valence-electron chi connectivity index (χ4n) is 4.44. The van der Waals surface area contributed by atoms with Gasteiger partial charge in [-0.3, -0.25) is 0 Å². The molecule has 4 rings (SSSR count). The highest BCUT2D eigenvalue weighted by atomic mass is 16.5. The van der Waals surface area contributed by atoms with E-state index < -0.39 is 6.09 Å². The van der Waals surface area contributed by atoms with E-state index in [0.29, 0.717) is 42.4 Å². The van der Waals surface area contributed by atoms with Crippen LogP contribution in [-0.2, 0) is 6.42 Å².